The van der Waals surface area contributed by atoms with E-state index in [2.05, 4.69) is 21.0 Å². The second-order valence-electron chi connectivity index (χ2n) is 8.21. The summed E-state index contributed by atoms with van der Waals surface area (Å²) in [4.78, 5) is 65.8. The van der Waals surface area contributed by atoms with E-state index in [1.165, 1.54) is 6.92 Å². The molecule has 0 fully saturated rings. The molecular formula is C24H29N2O10Se. The number of benzene rings is 1. The molecule has 1 radical (unpaired) electrons. The average molecular weight is 584 g/mol. The molecule has 0 saturated carbocycles. The molecule has 0 aromatic heterocycles. The summed E-state index contributed by atoms with van der Waals surface area (Å²) in [5.41, 5.74) is 1.60. The van der Waals surface area contributed by atoms with Gasteiger partial charge in [-0.15, -0.1) is 0 Å². The number of carbonyl (C=O) groups is 5. The zero-order valence-electron chi connectivity index (χ0n) is 21.3. The van der Waals surface area contributed by atoms with Crippen molar-refractivity contribution in [3.8, 4) is 0 Å². The van der Waals surface area contributed by atoms with Crippen molar-refractivity contribution in [2.75, 3.05) is 11.5 Å². The summed E-state index contributed by atoms with van der Waals surface area (Å²) in [6.07, 6.45) is -5.43. The molecular weight excluding hydrogens is 555 g/mol. The number of carbonyl (C=O) groups excluding carboxylic acids is 5. The van der Waals surface area contributed by atoms with Crippen LogP contribution in [0.15, 0.2) is 29.3 Å². The molecule has 0 N–H and O–H groups in total. The van der Waals surface area contributed by atoms with E-state index in [1.54, 1.807) is 17.0 Å². The van der Waals surface area contributed by atoms with Crippen LogP contribution in [-0.4, -0.2) is 87.8 Å². The number of hydrogen-bond acceptors (Lipinski definition) is 12. The zero-order valence-corrected chi connectivity index (χ0v) is 23.0. The maximum atomic E-state index is 12.2. The fraction of sp³-hybridized carbons (Fsp3) is 0.500. The van der Waals surface area contributed by atoms with Crippen LogP contribution in [-0.2, 0) is 47.7 Å². The topological polar surface area (TPSA) is 147 Å². The van der Waals surface area contributed by atoms with Crippen LogP contribution in [0.1, 0.15) is 40.2 Å². The molecule has 0 spiro atoms. The Morgan fingerprint density at radius 3 is 1.92 bits per heavy atom. The van der Waals surface area contributed by atoms with E-state index >= 15 is 0 Å². The third-order valence-corrected chi connectivity index (χ3v) is 5.64. The predicted octanol–water partition coefficient (Wildman–Crippen LogP) is 0.956. The van der Waals surface area contributed by atoms with Crippen LogP contribution in [0.2, 0.25) is 0 Å². The van der Waals surface area contributed by atoms with Crippen molar-refractivity contribution in [2.24, 2.45) is 4.99 Å². The molecule has 0 saturated heterocycles. The third-order valence-electron chi connectivity index (χ3n) is 5.01. The van der Waals surface area contributed by atoms with Crippen molar-refractivity contribution in [1.82, 2.24) is 0 Å². The first kappa shape index (κ1) is 29.8. The summed E-state index contributed by atoms with van der Waals surface area (Å²) in [6.45, 7) is 7.09. The molecule has 201 valence electrons. The Bertz CT molecular complexity index is 1060. The summed E-state index contributed by atoms with van der Waals surface area (Å²) in [7, 11) is 0. The average Bonchev–Trinajstić information content (AvgIpc) is 3.08. The Hall–Kier alpha value is -3.44. The standard InChI is InChI=1S/C24H29N2O10Se/c1-12-7-9-18(10-8-12)26-23(36-17(6)31)20(25-24(26)37)22(35-16(5)30)21(34-15(4)29)19(33-14(3)28)11-32-13(2)27/h7-10,19-23H,11H2,1-6H3/t19-,20-,21-,22-,23?/m1/s1. The monoisotopic (exact) mass is 585 g/mol. The minimum absolute atomic E-state index is 0.294. The number of aryl methyl sites for hydroxylation is 1. The van der Waals surface area contributed by atoms with Crippen LogP contribution in [0, 0.1) is 6.92 Å². The SMILES string of the molecule is CC(=O)OC[C@@H](OC(C)=O)[C@@H](OC(C)=O)[C@H](OC(C)=O)[C@H]1N=C([Se])N(c2ccc(C)cc2)C1OC(C)=O. The van der Waals surface area contributed by atoms with Crippen molar-refractivity contribution in [3.05, 3.63) is 29.8 Å². The number of amidine groups is 1. The van der Waals surface area contributed by atoms with Gasteiger partial charge < -0.3 is 0 Å². The molecule has 1 heterocycles. The number of rotatable bonds is 10. The van der Waals surface area contributed by atoms with E-state index in [-0.39, 0.29) is 0 Å². The van der Waals surface area contributed by atoms with Gasteiger partial charge in [0, 0.05) is 0 Å². The van der Waals surface area contributed by atoms with Gasteiger partial charge in [0.2, 0.25) is 0 Å². The van der Waals surface area contributed by atoms with Crippen molar-refractivity contribution < 1.29 is 47.7 Å². The molecule has 13 heteroatoms. The van der Waals surface area contributed by atoms with Gasteiger partial charge in [0.05, 0.1) is 0 Å². The maximum absolute atomic E-state index is 12.2. The van der Waals surface area contributed by atoms with Crippen molar-refractivity contribution in [1.29, 1.82) is 0 Å². The summed E-state index contributed by atoms with van der Waals surface area (Å²) in [5.74, 6) is -3.68. The number of ether oxygens (including phenoxy) is 5. The normalized spacial score (nSPS) is 19.1. The molecule has 12 nitrogen and oxygen atoms in total. The van der Waals surface area contributed by atoms with Crippen LogP contribution < -0.4 is 4.90 Å². The second-order valence-corrected chi connectivity index (χ2v) is 8.97. The van der Waals surface area contributed by atoms with E-state index in [0.717, 1.165) is 33.3 Å². The van der Waals surface area contributed by atoms with Crippen LogP contribution in [0.4, 0.5) is 5.69 Å². The summed E-state index contributed by atoms with van der Waals surface area (Å²) < 4.78 is 27.2. The Morgan fingerprint density at radius 1 is 0.865 bits per heavy atom. The second kappa shape index (κ2) is 13.2. The van der Waals surface area contributed by atoms with Crippen LogP contribution >= 0.6 is 0 Å². The zero-order chi connectivity index (χ0) is 27.9. The molecule has 0 bridgehead atoms. The molecule has 0 aliphatic carbocycles. The minimum atomic E-state index is -1.48. The first-order valence-corrected chi connectivity index (χ1v) is 12.1. The quantitative estimate of drug-likeness (QED) is 0.220. The van der Waals surface area contributed by atoms with Gasteiger partial charge in [-0.1, -0.05) is 0 Å². The number of aliphatic imine (C=N–C) groups is 1. The third kappa shape index (κ3) is 8.57. The molecule has 37 heavy (non-hydrogen) atoms. The molecule has 0 amide bonds. The molecule has 1 aromatic carbocycles. The van der Waals surface area contributed by atoms with Crippen LogP contribution in [0.5, 0.6) is 0 Å². The molecule has 1 unspecified atom stereocenters. The van der Waals surface area contributed by atoms with Gasteiger partial charge in [-0.05, 0) is 0 Å². The van der Waals surface area contributed by atoms with Gasteiger partial charge >= 0.3 is 222 Å². The van der Waals surface area contributed by atoms with Gasteiger partial charge in [-0.25, -0.2) is 0 Å². The summed E-state index contributed by atoms with van der Waals surface area (Å²) in [5, 5.41) is 0. The number of esters is 5. The molecule has 2 rings (SSSR count). The Morgan fingerprint density at radius 2 is 1.43 bits per heavy atom. The molecule has 5 atom stereocenters. The summed E-state index contributed by atoms with van der Waals surface area (Å²) >= 11 is 2.81. The molecule has 1 aliphatic heterocycles. The van der Waals surface area contributed by atoms with Gasteiger partial charge in [0.1, 0.15) is 0 Å². The summed E-state index contributed by atoms with van der Waals surface area (Å²) in [6, 6.07) is 6.12. The first-order chi connectivity index (χ1) is 17.3. The van der Waals surface area contributed by atoms with Crippen molar-refractivity contribution in [3.63, 3.8) is 0 Å². The van der Waals surface area contributed by atoms with E-state index in [0.29, 0.717) is 10.4 Å². The van der Waals surface area contributed by atoms with Crippen molar-refractivity contribution >= 4 is 56.3 Å². The first-order valence-electron chi connectivity index (χ1n) is 11.2. The fourth-order valence-electron chi connectivity index (χ4n) is 3.68. The number of anilines is 1. The Kier molecular flexibility index (Phi) is 10.6. The van der Waals surface area contributed by atoms with Crippen LogP contribution in [0.25, 0.3) is 0 Å². The van der Waals surface area contributed by atoms with Crippen LogP contribution in [0.3, 0.4) is 0 Å². The van der Waals surface area contributed by atoms with Gasteiger partial charge in [-0.2, -0.15) is 0 Å². The molecule has 1 aromatic rings. The van der Waals surface area contributed by atoms with Gasteiger partial charge in [0.25, 0.3) is 0 Å². The Labute approximate surface area is 222 Å². The Balaban J connectivity index is 2.62. The van der Waals surface area contributed by atoms with Crippen molar-refractivity contribution in [2.45, 2.75) is 72.1 Å². The van der Waals surface area contributed by atoms with E-state index in [4.69, 9.17) is 23.7 Å². The number of hydrogen-bond donors (Lipinski definition) is 0. The van der Waals surface area contributed by atoms with E-state index < -0.39 is 67.0 Å². The van der Waals surface area contributed by atoms with E-state index in [9.17, 15) is 24.0 Å². The number of nitrogens with zero attached hydrogens (tertiary/aromatic N) is 2. The van der Waals surface area contributed by atoms with Gasteiger partial charge in [0.15, 0.2) is 0 Å². The molecule has 1 aliphatic rings. The predicted molar refractivity (Wildman–Crippen MR) is 129 cm³/mol. The van der Waals surface area contributed by atoms with Gasteiger partial charge in [-0.3, -0.25) is 0 Å². The van der Waals surface area contributed by atoms with E-state index in [1.807, 2.05) is 19.1 Å². The fourth-order valence-corrected chi connectivity index (χ4v) is 4.38.